The molecule has 1 unspecified atom stereocenters. The second kappa shape index (κ2) is 8.56. The summed E-state index contributed by atoms with van der Waals surface area (Å²) in [4.78, 5) is 46.5. The molecule has 8 nitrogen and oxygen atoms in total. The molecule has 8 heteroatoms. The summed E-state index contributed by atoms with van der Waals surface area (Å²) >= 11 is 0. The van der Waals surface area contributed by atoms with Crippen LogP contribution >= 0.6 is 0 Å². The number of benzene rings is 1. The van der Waals surface area contributed by atoms with E-state index < -0.39 is 17.9 Å². The zero-order valence-electron chi connectivity index (χ0n) is 14.0. The number of likely N-dealkylation sites (N-methyl/N-ethyl adjacent to an activating group) is 1. The quantitative estimate of drug-likeness (QED) is 0.157. The first-order valence-corrected chi connectivity index (χ1v) is 7.74. The molecule has 1 atom stereocenters. The van der Waals surface area contributed by atoms with Gasteiger partial charge in [-0.1, -0.05) is 11.8 Å². The van der Waals surface area contributed by atoms with Gasteiger partial charge in [0.15, 0.2) is 12.3 Å². The van der Waals surface area contributed by atoms with E-state index >= 15 is 0 Å². The van der Waals surface area contributed by atoms with E-state index in [-0.39, 0.29) is 17.0 Å². The molecule has 2 rings (SSSR count). The van der Waals surface area contributed by atoms with Gasteiger partial charge in [-0.3, -0.25) is 9.59 Å². The lowest BCUT2D eigenvalue weighted by molar-refractivity contribution is -0.138. The van der Waals surface area contributed by atoms with Gasteiger partial charge in [-0.25, -0.2) is 5.84 Å². The lowest BCUT2D eigenvalue weighted by Crippen LogP contribution is -2.50. The van der Waals surface area contributed by atoms with Crippen LogP contribution in [0.5, 0.6) is 0 Å². The number of amides is 2. The number of carbonyl (C=O) groups is 3. The van der Waals surface area contributed by atoms with Gasteiger partial charge in [-0.15, -0.1) is 10.0 Å². The summed E-state index contributed by atoms with van der Waals surface area (Å²) in [6, 6.07) is 4.74. The van der Waals surface area contributed by atoms with Crippen molar-refractivity contribution in [2.75, 3.05) is 7.05 Å². The SMILES string of the molecule is CN(C(=O)c1ccc(C#CC#CC2CC2)cc1)C(C=O)C(=O)N(N)N=O. The van der Waals surface area contributed by atoms with Crippen LogP contribution in [0.15, 0.2) is 29.6 Å². The van der Waals surface area contributed by atoms with Gasteiger partial charge in [0.2, 0.25) is 0 Å². The standard InChI is InChI=1S/C18H16N4O4/c1-21(16(12-23)18(25)22(19)20-26)17(24)15-10-8-14(9-11-15)5-3-2-4-13-6-7-13/h8-13,16H,6-7,19H2,1H3. The largest absolute Gasteiger partial charge is 0.323 e. The molecule has 1 aliphatic rings. The number of rotatable bonds is 5. The Morgan fingerprint density at radius 1 is 1.27 bits per heavy atom. The van der Waals surface area contributed by atoms with Crippen molar-refractivity contribution in [2.24, 2.45) is 17.0 Å². The fraction of sp³-hybridized carbons (Fsp3) is 0.278. The van der Waals surface area contributed by atoms with E-state index in [1.807, 2.05) is 0 Å². The average Bonchev–Trinajstić information content (AvgIpc) is 3.49. The fourth-order valence-electron chi connectivity index (χ4n) is 1.99. The number of carbonyl (C=O) groups excluding carboxylic acids is 3. The third kappa shape index (κ3) is 4.76. The van der Waals surface area contributed by atoms with Crippen molar-refractivity contribution in [1.82, 2.24) is 10.0 Å². The minimum absolute atomic E-state index is 0.0236. The molecular weight excluding hydrogens is 336 g/mol. The molecule has 1 aromatic rings. The third-order valence-electron chi connectivity index (χ3n) is 3.69. The summed E-state index contributed by atoms with van der Waals surface area (Å²) in [5, 5.41) is 2.20. The van der Waals surface area contributed by atoms with E-state index in [0.717, 1.165) is 17.7 Å². The molecule has 2 N–H and O–H groups in total. The Morgan fingerprint density at radius 2 is 1.92 bits per heavy atom. The van der Waals surface area contributed by atoms with Crippen molar-refractivity contribution in [3.8, 4) is 23.7 Å². The van der Waals surface area contributed by atoms with Crippen LogP contribution in [0.1, 0.15) is 28.8 Å². The first-order chi connectivity index (χ1) is 12.5. The Morgan fingerprint density at radius 3 is 2.46 bits per heavy atom. The molecule has 1 saturated carbocycles. The highest BCUT2D eigenvalue weighted by molar-refractivity contribution is 6.03. The predicted molar refractivity (Wildman–Crippen MR) is 92.6 cm³/mol. The molecule has 132 valence electrons. The summed E-state index contributed by atoms with van der Waals surface area (Å²) in [7, 11) is 1.25. The summed E-state index contributed by atoms with van der Waals surface area (Å²) < 4.78 is 0. The van der Waals surface area contributed by atoms with Crippen LogP contribution in [0.4, 0.5) is 0 Å². The van der Waals surface area contributed by atoms with Crippen LogP contribution < -0.4 is 5.84 Å². The van der Waals surface area contributed by atoms with Gasteiger partial charge in [0, 0.05) is 24.1 Å². The lowest BCUT2D eigenvalue weighted by atomic mass is 10.1. The second-order valence-electron chi connectivity index (χ2n) is 5.63. The van der Waals surface area contributed by atoms with Crippen LogP contribution in [0.2, 0.25) is 0 Å². The highest BCUT2D eigenvalue weighted by Crippen LogP contribution is 2.27. The normalized spacial score (nSPS) is 13.2. The first kappa shape index (κ1) is 18.8. The topological polar surface area (TPSA) is 113 Å². The molecule has 0 radical (unpaired) electrons. The molecule has 0 aromatic heterocycles. The Balaban J connectivity index is 2.08. The Kier molecular flexibility index (Phi) is 6.20. The van der Waals surface area contributed by atoms with Crippen molar-refractivity contribution >= 4 is 18.1 Å². The number of nitrogens with two attached hydrogens (primary N) is 1. The fourth-order valence-corrected chi connectivity index (χ4v) is 1.99. The van der Waals surface area contributed by atoms with Gasteiger partial charge in [-0.2, -0.15) is 0 Å². The zero-order valence-corrected chi connectivity index (χ0v) is 14.0. The van der Waals surface area contributed by atoms with Crippen molar-refractivity contribution in [2.45, 2.75) is 18.9 Å². The molecule has 2 amide bonds. The van der Waals surface area contributed by atoms with Crippen LogP contribution in [-0.4, -0.2) is 41.2 Å². The lowest BCUT2D eigenvalue weighted by Gasteiger charge is -2.23. The monoisotopic (exact) mass is 352 g/mol. The molecule has 0 aliphatic heterocycles. The maximum atomic E-state index is 12.4. The second-order valence-corrected chi connectivity index (χ2v) is 5.63. The minimum Gasteiger partial charge on any atom is -0.323 e. The maximum absolute atomic E-state index is 12.4. The molecule has 0 saturated heterocycles. The third-order valence-corrected chi connectivity index (χ3v) is 3.69. The van der Waals surface area contributed by atoms with Gasteiger partial charge < -0.3 is 9.69 Å². The molecule has 0 spiro atoms. The summed E-state index contributed by atoms with van der Waals surface area (Å²) in [5.74, 6) is 15.3. The van der Waals surface area contributed by atoms with E-state index in [1.165, 1.54) is 19.2 Å². The average molecular weight is 352 g/mol. The van der Waals surface area contributed by atoms with Crippen LogP contribution in [-0.2, 0) is 9.59 Å². The van der Waals surface area contributed by atoms with E-state index in [2.05, 4.69) is 29.0 Å². The van der Waals surface area contributed by atoms with Crippen molar-refractivity contribution in [1.29, 1.82) is 0 Å². The van der Waals surface area contributed by atoms with Crippen molar-refractivity contribution in [3.63, 3.8) is 0 Å². The smallest absolute Gasteiger partial charge is 0.290 e. The van der Waals surface area contributed by atoms with E-state index in [4.69, 9.17) is 5.84 Å². The van der Waals surface area contributed by atoms with Gasteiger partial charge in [0.1, 0.15) is 0 Å². The molecule has 1 aromatic carbocycles. The summed E-state index contributed by atoms with van der Waals surface area (Å²) in [6.07, 6.45) is 2.48. The van der Waals surface area contributed by atoms with Gasteiger partial charge in [0.05, 0.1) is 5.29 Å². The van der Waals surface area contributed by atoms with E-state index in [9.17, 15) is 19.3 Å². The van der Waals surface area contributed by atoms with Crippen LogP contribution in [0.25, 0.3) is 0 Å². The molecule has 0 bridgehead atoms. The first-order valence-electron chi connectivity index (χ1n) is 7.74. The molecule has 26 heavy (non-hydrogen) atoms. The number of hydrogen-bond donors (Lipinski definition) is 1. The Bertz CT molecular complexity index is 838. The van der Waals surface area contributed by atoms with Crippen LogP contribution in [0, 0.1) is 34.5 Å². The Hall–Kier alpha value is -3.49. The highest BCUT2D eigenvalue weighted by atomic mass is 16.3. The van der Waals surface area contributed by atoms with E-state index in [0.29, 0.717) is 11.5 Å². The van der Waals surface area contributed by atoms with Gasteiger partial charge >= 0.3 is 0 Å². The minimum atomic E-state index is -1.55. The van der Waals surface area contributed by atoms with Crippen molar-refractivity contribution < 1.29 is 14.4 Å². The number of hydrogen-bond acceptors (Lipinski definition) is 6. The number of aldehydes is 1. The number of nitroso groups, excluding NO2 is 1. The van der Waals surface area contributed by atoms with Crippen LogP contribution in [0.3, 0.4) is 0 Å². The molecule has 1 fully saturated rings. The molecule has 0 heterocycles. The van der Waals surface area contributed by atoms with Gasteiger partial charge in [0.25, 0.3) is 11.8 Å². The number of nitrogens with zero attached hydrogens (tertiary/aromatic N) is 3. The maximum Gasteiger partial charge on any atom is 0.290 e. The van der Waals surface area contributed by atoms with Crippen molar-refractivity contribution in [3.05, 3.63) is 40.3 Å². The van der Waals surface area contributed by atoms with E-state index in [1.54, 1.807) is 12.1 Å². The van der Waals surface area contributed by atoms with Gasteiger partial charge in [-0.05, 0) is 48.9 Å². The summed E-state index contributed by atoms with van der Waals surface area (Å²) in [5.41, 5.74) is 0.917. The number of hydrazine groups is 1. The molecule has 1 aliphatic carbocycles. The molecular formula is C18H16N4O4. The summed E-state index contributed by atoms with van der Waals surface area (Å²) in [6.45, 7) is 0. The highest BCUT2D eigenvalue weighted by Gasteiger charge is 2.30. The zero-order chi connectivity index (χ0) is 19.1. The Labute approximate surface area is 150 Å². The predicted octanol–water partition coefficient (Wildman–Crippen LogP) is 0.475.